The summed E-state index contributed by atoms with van der Waals surface area (Å²) in [6.07, 6.45) is 2.21. The molecule has 6 heteroatoms. The summed E-state index contributed by atoms with van der Waals surface area (Å²) < 4.78 is 13.2. The minimum atomic E-state index is -0.176. The number of aryl methyl sites for hydroxylation is 1. The molecule has 0 bridgehead atoms. The molecule has 0 unspecified atom stereocenters. The molecule has 2 heterocycles. The van der Waals surface area contributed by atoms with Crippen molar-refractivity contribution in [2.75, 3.05) is 18.8 Å². The maximum absolute atomic E-state index is 13.2. The van der Waals surface area contributed by atoms with E-state index in [1.165, 1.54) is 11.6 Å². The Hall–Kier alpha value is -1.95. The van der Waals surface area contributed by atoms with Crippen molar-refractivity contribution in [3.63, 3.8) is 0 Å². The van der Waals surface area contributed by atoms with E-state index in [9.17, 15) is 4.39 Å². The number of aromatic amines is 1. The van der Waals surface area contributed by atoms with Crippen molar-refractivity contribution >= 4 is 5.95 Å². The number of likely N-dealkylation sites (tertiary alicyclic amines) is 1. The second-order valence-corrected chi connectivity index (χ2v) is 5.72. The molecule has 0 saturated carbocycles. The first kappa shape index (κ1) is 14.0. The normalized spacial score (nSPS) is 19.8. The molecule has 0 spiro atoms. The molecule has 3 rings (SSSR count). The average molecular weight is 289 g/mol. The summed E-state index contributed by atoms with van der Waals surface area (Å²) in [4.78, 5) is 6.62. The number of nitrogens with one attached hydrogen (secondary N) is 1. The number of nitrogen functional groups attached to an aromatic ring is 1. The Balaban J connectivity index is 1.68. The third-order valence-corrected chi connectivity index (χ3v) is 4.11. The zero-order valence-corrected chi connectivity index (χ0v) is 12.1. The standard InChI is InChI=1S/C15H20FN5/c1-10-7-13(16)5-4-11(10)8-21-6-2-3-12(9-21)14-18-15(17)20-19-14/h4-5,7,12H,2-3,6,8-9H2,1H3,(H3,17,18,19,20)/t12-/m0/s1. The predicted molar refractivity (Wildman–Crippen MR) is 79.2 cm³/mol. The van der Waals surface area contributed by atoms with Crippen LogP contribution in [0.1, 0.15) is 35.7 Å². The second-order valence-electron chi connectivity index (χ2n) is 5.72. The first-order chi connectivity index (χ1) is 10.1. The summed E-state index contributed by atoms with van der Waals surface area (Å²) in [6.45, 7) is 4.77. The van der Waals surface area contributed by atoms with Crippen LogP contribution < -0.4 is 5.73 Å². The number of benzene rings is 1. The van der Waals surface area contributed by atoms with Gasteiger partial charge in [0.1, 0.15) is 11.6 Å². The Bertz CT molecular complexity index is 624. The number of halogens is 1. The molecule has 1 aromatic heterocycles. The maximum Gasteiger partial charge on any atom is 0.239 e. The second kappa shape index (κ2) is 5.81. The monoisotopic (exact) mass is 289 g/mol. The summed E-state index contributed by atoms with van der Waals surface area (Å²) in [5.74, 6) is 1.33. The molecule has 1 aliphatic heterocycles. The Morgan fingerprint density at radius 2 is 2.33 bits per heavy atom. The predicted octanol–water partition coefficient (Wildman–Crippen LogP) is 2.21. The number of H-pyrrole nitrogens is 1. The molecule has 112 valence electrons. The van der Waals surface area contributed by atoms with Crippen LogP contribution in [0.15, 0.2) is 18.2 Å². The molecule has 0 radical (unpaired) electrons. The van der Waals surface area contributed by atoms with E-state index in [1.54, 1.807) is 6.07 Å². The zero-order chi connectivity index (χ0) is 14.8. The maximum atomic E-state index is 13.2. The summed E-state index contributed by atoms with van der Waals surface area (Å²) in [7, 11) is 0. The van der Waals surface area contributed by atoms with E-state index in [2.05, 4.69) is 20.1 Å². The van der Waals surface area contributed by atoms with Crippen LogP contribution in [-0.2, 0) is 6.54 Å². The summed E-state index contributed by atoms with van der Waals surface area (Å²) in [5, 5.41) is 6.82. The van der Waals surface area contributed by atoms with Gasteiger partial charge in [-0.25, -0.2) is 4.39 Å². The van der Waals surface area contributed by atoms with Crippen molar-refractivity contribution in [3.8, 4) is 0 Å². The number of hydrogen-bond acceptors (Lipinski definition) is 4. The van der Waals surface area contributed by atoms with Gasteiger partial charge in [-0.2, -0.15) is 4.98 Å². The van der Waals surface area contributed by atoms with Gasteiger partial charge in [0.15, 0.2) is 0 Å². The van der Waals surface area contributed by atoms with Gasteiger partial charge in [-0.3, -0.25) is 10.00 Å². The smallest absolute Gasteiger partial charge is 0.239 e. The summed E-state index contributed by atoms with van der Waals surface area (Å²) >= 11 is 0. The lowest BCUT2D eigenvalue weighted by Crippen LogP contribution is -2.34. The lowest BCUT2D eigenvalue weighted by molar-refractivity contribution is 0.196. The highest BCUT2D eigenvalue weighted by Gasteiger charge is 2.24. The number of piperidine rings is 1. The topological polar surface area (TPSA) is 70.8 Å². The molecule has 1 atom stereocenters. The third-order valence-electron chi connectivity index (χ3n) is 4.11. The van der Waals surface area contributed by atoms with Gasteiger partial charge in [0.2, 0.25) is 5.95 Å². The minimum Gasteiger partial charge on any atom is -0.367 e. The summed E-state index contributed by atoms with van der Waals surface area (Å²) in [6, 6.07) is 5.00. The quantitative estimate of drug-likeness (QED) is 0.909. The fraction of sp³-hybridized carbons (Fsp3) is 0.467. The van der Waals surface area contributed by atoms with Gasteiger partial charge >= 0.3 is 0 Å². The van der Waals surface area contributed by atoms with Crippen LogP contribution >= 0.6 is 0 Å². The lowest BCUT2D eigenvalue weighted by Gasteiger charge is -2.32. The molecule has 2 aromatic rings. The van der Waals surface area contributed by atoms with Gasteiger partial charge in [-0.1, -0.05) is 6.07 Å². The molecule has 1 saturated heterocycles. The molecule has 3 N–H and O–H groups in total. The van der Waals surface area contributed by atoms with E-state index in [-0.39, 0.29) is 5.82 Å². The Morgan fingerprint density at radius 3 is 3.05 bits per heavy atom. The summed E-state index contributed by atoms with van der Waals surface area (Å²) in [5.41, 5.74) is 7.75. The molecule has 0 amide bonds. The van der Waals surface area contributed by atoms with E-state index < -0.39 is 0 Å². The van der Waals surface area contributed by atoms with Gasteiger partial charge in [-0.15, -0.1) is 5.10 Å². The molecule has 1 aromatic carbocycles. The van der Waals surface area contributed by atoms with Crippen LogP contribution in [0.2, 0.25) is 0 Å². The number of rotatable bonds is 3. The van der Waals surface area contributed by atoms with Crippen molar-refractivity contribution < 1.29 is 4.39 Å². The van der Waals surface area contributed by atoms with Gasteiger partial charge in [0.05, 0.1) is 0 Å². The van der Waals surface area contributed by atoms with Gasteiger partial charge in [0.25, 0.3) is 0 Å². The number of hydrogen-bond donors (Lipinski definition) is 2. The molecule has 0 aliphatic carbocycles. The Morgan fingerprint density at radius 1 is 1.48 bits per heavy atom. The molecular weight excluding hydrogens is 269 g/mol. The molecular formula is C15H20FN5. The van der Waals surface area contributed by atoms with Crippen molar-refractivity contribution in [2.45, 2.75) is 32.2 Å². The largest absolute Gasteiger partial charge is 0.367 e. The van der Waals surface area contributed by atoms with Crippen molar-refractivity contribution in [3.05, 3.63) is 41.0 Å². The fourth-order valence-electron chi connectivity index (χ4n) is 2.97. The highest BCUT2D eigenvalue weighted by Crippen LogP contribution is 2.26. The number of nitrogens with zero attached hydrogens (tertiary/aromatic N) is 3. The Kier molecular flexibility index (Phi) is 3.88. The van der Waals surface area contributed by atoms with E-state index >= 15 is 0 Å². The first-order valence-corrected chi connectivity index (χ1v) is 7.27. The van der Waals surface area contributed by atoms with E-state index in [0.717, 1.165) is 43.9 Å². The number of anilines is 1. The molecule has 21 heavy (non-hydrogen) atoms. The highest BCUT2D eigenvalue weighted by atomic mass is 19.1. The van der Waals surface area contributed by atoms with Crippen LogP contribution in [0.25, 0.3) is 0 Å². The van der Waals surface area contributed by atoms with Gasteiger partial charge in [-0.05, 0) is 49.6 Å². The van der Waals surface area contributed by atoms with Crippen molar-refractivity contribution in [1.29, 1.82) is 0 Å². The van der Waals surface area contributed by atoms with Gasteiger partial charge < -0.3 is 5.73 Å². The highest BCUT2D eigenvalue weighted by molar-refractivity contribution is 5.26. The fourth-order valence-corrected chi connectivity index (χ4v) is 2.97. The van der Waals surface area contributed by atoms with Crippen LogP contribution in [0.5, 0.6) is 0 Å². The van der Waals surface area contributed by atoms with Crippen LogP contribution in [-0.4, -0.2) is 33.2 Å². The third kappa shape index (κ3) is 3.21. The SMILES string of the molecule is Cc1cc(F)ccc1CN1CCC[C@H](c2nc(N)n[nH]2)C1. The molecule has 5 nitrogen and oxygen atoms in total. The van der Waals surface area contributed by atoms with Crippen molar-refractivity contribution in [1.82, 2.24) is 20.1 Å². The lowest BCUT2D eigenvalue weighted by atomic mass is 9.96. The van der Waals surface area contributed by atoms with E-state index in [1.807, 2.05) is 13.0 Å². The zero-order valence-electron chi connectivity index (χ0n) is 12.1. The Labute approximate surface area is 123 Å². The van der Waals surface area contributed by atoms with Crippen LogP contribution in [0.4, 0.5) is 10.3 Å². The number of aromatic nitrogens is 3. The molecule has 1 fully saturated rings. The number of nitrogens with two attached hydrogens (primary N) is 1. The van der Waals surface area contributed by atoms with Gasteiger partial charge in [0, 0.05) is 19.0 Å². The molecule has 1 aliphatic rings. The minimum absolute atomic E-state index is 0.176. The van der Waals surface area contributed by atoms with Crippen molar-refractivity contribution in [2.24, 2.45) is 0 Å². The van der Waals surface area contributed by atoms with Crippen LogP contribution in [0.3, 0.4) is 0 Å². The average Bonchev–Trinajstić information content (AvgIpc) is 2.89. The van der Waals surface area contributed by atoms with E-state index in [0.29, 0.717) is 11.9 Å². The van der Waals surface area contributed by atoms with Crippen LogP contribution in [0, 0.1) is 12.7 Å². The van der Waals surface area contributed by atoms with E-state index in [4.69, 9.17) is 5.73 Å². The first-order valence-electron chi connectivity index (χ1n) is 7.27.